The van der Waals surface area contributed by atoms with Crippen molar-refractivity contribution in [2.24, 2.45) is 5.92 Å². The van der Waals surface area contributed by atoms with Gasteiger partial charge in [-0.05, 0) is 74.2 Å². The van der Waals surface area contributed by atoms with Gasteiger partial charge in [0.05, 0.1) is 4.90 Å². The van der Waals surface area contributed by atoms with E-state index in [1.807, 2.05) is 27.7 Å². The fourth-order valence-corrected chi connectivity index (χ4v) is 4.07. The highest BCUT2D eigenvalue weighted by Crippen LogP contribution is 2.19. The minimum absolute atomic E-state index is 0.109. The molecule has 8 heteroatoms. The Morgan fingerprint density at radius 2 is 1.55 bits per heavy atom. The largest absolute Gasteiger partial charge is 0.352 e. The highest BCUT2D eigenvalue weighted by atomic mass is 32.2. The smallest absolute Gasteiger partial charge is 0.255 e. The summed E-state index contributed by atoms with van der Waals surface area (Å²) in [4.78, 5) is 24.9. The number of benzene rings is 2. The number of aryl methyl sites for hydroxylation is 1. The van der Waals surface area contributed by atoms with E-state index < -0.39 is 10.0 Å². The molecule has 0 saturated carbocycles. The van der Waals surface area contributed by atoms with E-state index in [9.17, 15) is 18.0 Å². The second-order valence-corrected chi connectivity index (χ2v) is 9.76. The number of nitrogens with one attached hydrogen (secondary N) is 3. The first-order valence-corrected chi connectivity index (χ1v) is 11.8. The van der Waals surface area contributed by atoms with Crippen LogP contribution in [0.4, 0.5) is 5.69 Å². The van der Waals surface area contributed by atoms with E-state index in [-0.39, 0.29) is 22.8 Å². The first-order valence-electron chi connectivity index (χ1n) is 10.4. The van der Waals surface area contributed by atoms with Crippen LogP contribution in [0.3, 0.4) is 0 Å². The van der Waals surface area contributed by atoms with Gasteiger partial charge < -0.3 is 10.6 Å². The molecule has 7 nitrogen and oxygen atoms in total. The topological polar surface area (TPSA) is 104 Å². The summed E-state index contributed by atoms with van der Waals surface area (Å²) < 4.78 is 27.3. The molecule has 0 fully saturated rings. The summed E-state index contributed by atoms with van der Waals surface area (Å²) in [5.74, 6) is -0.160. The van der Waals surface area contributed by atoms with Gasteiger partial charge in [0.2, 0.25) is 10.0 Å². The Balaban J connectivity index is 2.09. The zero-order valence-corrected chi connectivity index (χ0v) is 19.5. The molecule has 0 spiro atoms. The number of carbonyl (C=O) groups is 2. The Morgan fingerprint density at radius 1 is 0.935 bits per heavy atom. The van der Waals surface area contributed by atoms with E-state index in [1.165, 1.54) is 24.3 Å². The fraction of sp³-hybridized carbons (Fsp3) is 0.391. The predicted octanol–water partition coefficient (Wildman–Crippen LogP) is 3.71. The van der Waals surface area contributed by atoms with Crippen LogP contribution in [0.15, 0.2) is 47.4 Å². The molecule has 1 unspecified atom stereocenters. The second-order valence-electron chi connectivity index (χ2n) is 8.04. The number of sulfonamides is 1. The monoisotopic (exact) mass is 445 g/mol. The molecular weight excluding hydrogens is 414 g/mol. The van der Waals surface area contributed by atoms with Crippen LogP contribution in [0, 0.1) is 12.8 Å². The zero-order chi connectivity index (χ0) is 23.2. The van der Waals surface area contributed by atoms with Crippen LogP contribution < -0.4 is 15.4 Å². The summed E-state index contributed by atoms with van der Waals surface area (Å²) in [6.07, 6.45) is 0.678. The minimum atomic E-state index is -3.62. The van der Waals surface area contributed by atoms with Crippen LogP contribution in [0.2, 0.25) is 0 Å². The van der Waals surface area contributed by atoms with Crippen LogP contribution in [0.5, 0.6) is 0 Å². The normalized spacial score (nSPS) is 12.5. The van der Waals surface area contributed by atoms with Gasteiger partial charge >= 0.3 is 0 Å². The van der Waals surface area contributed by atoms with Gasteiger partial charge in [0, 0.05) is 29.4 Å². The van der Waals surface area contributed by atoms with Gasteiger partial charge in [0.15, 0.2) is 0 Å². The average molecular weight is 446 g/mol. The van der Waals surface area contributed by atoms with E-state index in [0.29, 0.717) is 35.7 Å². The molecule has 2 amide bonds. The van der Waals surface area contributed by atoms with Gasteiger partial charge in [0.25, 0.3) is 11.8 Å². The van der Waals surface area contributed by atoms with Gasteiger partial charge in [-0.1, -0.05) is 20.8 Å². The van der Waals surface area contributed by atoms with Gasteiger partial charge in [-0.3, -0.25) is 9.59 Å². The van der Waals surface area contributed by atoms with Gasteiger partial charge in [-0.15, -0.1) is 0 Å². The lowest BCUT2D eigenvalue weighted by Crippen LogP contribution is -2.32. The number of hydrogen-bond acceptors (Lipinski definition) is 4. The molecule has 2 rings (SSSR count). The summed E-state index contributed by atoms with van der Waals surface area (Å²) in [6.45, 7) is 10.1. The summed E-state index contributed by atoms with van der Waals surface area (Å²) in [5, 5.41) is 5.67. The molecule has 0 aliphatic rings. The van der Waals surface area contributed by atoms with Gasteiger partial charge in [-0.25, -0.2) is 13.1 Å². The molecule has 0 aliphatic heterocycles. The van der Waals surface area contributed by atoms with Crippen LogP contribution in [-0.2, 0) is 10.0 Å². The third-order valence-corrected chi connectivity index (χ3v) is 6.41. The quantitative estimate of drug-likeness (QED) is 0.547. The maximum atomic E-state index is 12.6. The number of carbonyl (C=O) groups excluding carboxylic acids is 2. The third kappa shape index (κ3) is 6.90. The molecule has 0 aromatic heterocycles. The molecular formula is C23H31N3O4S. The molecule has 31 heavy (non-hydrogen) atoms. The summed E-state index contributed by atoms with van der Waals surface area (Å²) in [5.41, 5.74) is 2.20. The van der Waals surface area contributed by atoms with Gasteiger partial charge in [0.1, 0.15) is 0 Å². The molecule has 3 N–H and O–H groups in total. The first kappa shape index (κ1) is 24.6. The molecule has 1 atom stereocenters. The molecule has 0 radical (unpaired) electrons. The van der Waals surface area contributed by atoms with Crippen molar-refractivity contribution in [3.63, 3.8) is 0 Å². The number of amides is 2. The SMILES string of the molecule is CCC(C)NS(=O)(=O)c1ccc(C(=O)Nc2ccc(C(=O)NCC(C)C)cc2C)cc1. The Kier molecular flexibility index (Phi) is 8.36. The molecule has 2 aromatic rings. The predicted molar refractivity (Wildman–Crippen MR) is 123 cm³/mol. The summed E-state index contributed by atoms with van der Waals surface area (Å²) >= 11 is 0. The van der Waals surface area contributed by atoms with Crippen molar-refractivity contribution in [1.29, 1.82) is 0 Å². The lowest BCUT2D eigenvalue weighted by molar-refractivity contribution is 0.0948. The molecule has 0 aliphatic carbocycles. The van der Waals surface area contributed by atoms with E-state index >= 15 is 0 Å². The van der Waals surface area contributed by atoms with Crippen LogP contribution in [-0.4, -0.2) is 32.8 Å². The van der Waals surface area contributed by atoms with Crippen LogP contribution >= 0.6 is 0 Å². The third-order valence-electron chi connectivity index (χ3n) is 4.80. The lowest BCUT2D eigenvalue weighted by atomic mass is 10.1. The first-order chi connectivity index (χ1) is 14.5. The number of rotatable bonds is 9. The second kappa shape index (κ2) is 10.5. The minimum Gasteiger partial charge on any atom is -0.352 e. The Labute approximate surface area is 184 Å². The van der Waals surface area contributed by atoms with E-state index in [1.54, 1.807) is 25.1 Å². The number of anilines is 1. The van der Waals surface area contributed by atoms with E-state index in [2.05, 4.69) is 15.4 Å². The maximum Gasteiger partial charge on any atom is 0.255 e. The highest BCUT2D eigenvalue weighted by molar-refractivity contribution is 7.89. The maximum absolute atomic E-state index is 12.6. The molecule has 0 heterocycles. The van der Waals surface area contributed by atoms with Crippen molar-refractivity contribution in [2.75, 3.05) is 11.9 Å². The van der Waals surface area contributed by atoms with Crippen molar-refractivity contribution in [3.8, 4) is 0 Å². The number of hydrogen-bond donors (Lipinski definition) is 3. The molecule has 0 bridgehead atoms. The average Bonchev–Trinajstić information content (AvgIpc) is 2.73. The van der Waals surface area contributed by atoms with Crippen LogP contribution in [0.1, 0.15) is 60.4 Å². The van der Waals surface area contributed by atoms with E-state index in [4.69, 9.17) is 0 Å². The summed E-state index contributed by atoms with van der Waals surface area (Å²) in [6, 6.07) is 10.7. The molecule has 2 aromatic carbocycles. The fourth-order valence-electron chi connectivity index (χ4n) is 2.74. The lowest BCUT2D eigenvalue weighted by Gasteiger charge is -2.13. The van der Waals surface area contributed by atoms with Gasteiger partial charge in [-0.2, -0.15) is 0 Å². The van der Waals surface area contributed by atoms with Crippen molar-refractivity contribution in [3.05, 3.63) is 59.2 Å². The molecule has 168 valence electrons. The van der Waals surface area contributed by atoms with Crippen molar-refractivity contribution in [2.45, 2.75) is 52.0 Å². The van der Waals surface area contributed by atoms with Crippen LogP contribution in [0.25, 0.3) is 0 Å². The Morgan fingerprint density at radius 3 is 2.10 bits per heavy atom. The zero-order valence-electron chi connectivity index (χ0n) is 18.7. The van der Waals surface area contributed by atoms with Crippen molar-refractivity contribution in [1.82, 2.24) is 10.0 Å². The Bertz CT molecular complexity index is 1030. The Hall–Kier alpha value is -2.71. The van der Waals surface area contributed by atoms with E-state index in [0.717, 1.165) is 5.56 Å². The van der Waals surface area contributed by atoms with Crippen molar-refractivity contribution >= 4 is 27.5 Å². The highest BCUT2D eigenvalue weighted by Gasteiger charge is 2.17. The molecule has 0 saturated heterocycles. The standard InChI is InChI=1S/C23H31N3O4S/c1-6-17(5)26-31(29,30)20-10-7-18(8-11-20)23(28)25-21-12-9-19(13-16(21)4)22(27)24-14-15(2)3/h7-13,15,17,26H,6,14H2,1-5H3,(H,24,27)(H,25,28). The van der Waals surface area contributed by atoms with Crippen molar-refractivity contribution < 1.29 is 18.0 Å². The summed E-state index contributed by atoms with van der Waals surface area (Å²) in [7, 11) is -3.62.